The van der Waals surface area contributed by atoms with Crippen molar-refractivity contribution < 1.29 is 9.53 Å². The van der Waals surface area contributed by atoms with Crippen LogP contribution in [0.15, 0.2) is 47.3 Å². The minimum atomic E-state index is -0.685. The number of rotatable bonds is 2. The molecule has 2 aromatic carbocycles. The first-order valence-electron chi connectivity index (χ1n) is 6.60. The van der Waals surface area contributed by atoms with Crippen LogP contribution in [0.25, 0.3) is 10.8 Å². The summed E-state index contributed by atoms with van der Waals surface area (Å²) >= 11 is 11.7. The van der Waals surface area contributed by atoms with Crippen LogP contribution in [-0.2, 0) is 7.05 Å². The molecule has 0 aliphatic heterocycles. The van der Waals surface area contributed by atoms with E-state index in [1.54, 1.807) is 24.3 Å². The molecule has 0 bridgehead atoms. The second-order valence-corrected chi connectivity index (χ2v) is 5.60. The molecule has 0 saturated heterocycles. The summed E-state index contributed by atoms with van der Waals surface area (Å²) in [7, 11) is 1.48. The molecule has 0 aliphatic rings. The lowest BCUT2D eigenvalue weighted by Gasteiger charge is -2.08. The van der Waals surface area contributed by atoms with Crippen molar-refractivity contribution in [3.05, 3.63) is 68.6 Å². The highest BCUT2D eigenvalue weighted by Crippen LogP contribution is 2.27. The van der Waals surface area contributed by atoms with Crippen LogP contribution >= 0.6 is 23.2 Å². The lowest BCUT2D eigenvalue weighted by molar-refractivity contribution is 0.0728. The third-order valence-electron chi connectivity index (χ3n) is 3.25. The maximum absolute atomic E-state index is 12.4. The maximum atomic E-state index is 12.4. The summed E-state index contributed by atoms with van der Waals surface area (Å²) in [6.45, 7) is 0. The number of fused-ring (bicyclic) bond motifs is 1. The molecule has 0 unspecified atom stereocenters. The summed E-state index contributed by atoms with van der Waals surface area (Å²) in [6, 6.07) is 11.2. The molecule has 0 saturated carbocycles. The number of carbonyl (C=O) groups excluding carboxylic acids is 1. The third kappa shape index (κ3) is 2.93. The van der Waals surface area contributed by atoms with E-state index in [4.69, 9.17) is 27.9 Å². The Bertz CT molecular complexity index is 983. The molecular formula is C16H10Cl2N2O3. The first kappa shape index (κ1) is 15.5. The predicted octanol–water partition coefficient (Wildman–Crippen LogP) is 3.46. The van der Waals surface area contributed by atoms with Crippen LogP contribution in [0.2, 0.25) is 10.0 Å². The Kier molecular flexibility index (Phi) is 4.07. The SMILES string of the molecule is Cn1nc(C(=O)Oc2ccc(Cl)c(Cl)c2)c2ccccc2c1=O. The highest BCUT2D eigenvalue weighted by atomic mass is 35.5. The van der Waals surface area contributed by atoms with Crippen molar-refractivity contribution >= 4 is 39.9 Å². The molecule has 0 amide bonds. The average molecular weight is 349 g/mol. The maximum Gasteiger partial charge on any atom is 0.364 e. The van der Waals surface area contributed by atoms with E-state index in [1.807, 2.05) is 0 Å². The Labute approximate surface area is 141 Å². The molecule has 7 heteroatoms. The molecule has 0 fully saturated rings. The summed E-state index contributed by atoms with van der Waals surface area (Å²) in [4.78, 5) is 24.5. The molecule has 0 radical (unpaired) electrons. The van der Waals surface area contributed by atoms with Crippen LogP contribution in [-0.4, -0.2) is 15.7 Å². The molecule has 0 aliphatic carbocycles. The van der Waals surface area contributed by atoms with Crippen molar-refractivity contribution in [3.8, 4) is 5.75 Å². The number of ether oxygens (including phenoxy) is 1. The zero-order valence-electron chi connectivity index (χ0n) is 11.9. The number of esters is 1. The number of aromatic nitrogens is 2. The van der Waals surface area contributed by atoms with E-state index in [-0.39, 0.29) is 22.0 Å². The number of halogens is 2. The normalized spacial score (nSPS) is 10.7. The van der Waals surface area contributed by atoms with E-state index >= 15 is 0 Å². The van der Waals surface area contributed by atoms with E-state index in [0.29, 0.717) is 15.8 Å². The molecule has 5 nitrogen and oxygen atoms in total. The van der Waals surface area contributed by atoms with Gasteiger partial charge in [0.2, 0.25) is 0 Å². The summed E-state index contributed by atoms with van der Waals surface area (Å²) < 4.78 is 6.38. The van der Waals surface area contributed by atoms with Crippen molar-refractivity contribution in [2.75, 3.05) is 0 Å². The Morgan fingerprint density at radius 2 is 1.78 bits per heavy atom. The van der Waals surface area contributed by atoms with Crippen LogP contribution in [0.4, 0.5) is 0 Å². The summed E-state index contributed by atoms with van der Waals surface area (Å²) in [5.74, 6) is -0.445. The van der Waals surface area contributed by atoms with Gasteiger partial charge in [0.15, 0.2) is 5.69 Å². The van der Waals surface area contributed by atoms with Crippen molar-refractivity contribution in [1.29, 1.82) is 0 Å². The predicted molar refractivity (Wildman–Crippen MR) is 88.4 cm³/mol. The van der Waals surface area contributed by atoms with E-state index in [0.717, 1.165) is 4.68 Å². The van der Waals surface area contributed by atoms with E-state index in [2.05, 4.69) is 5.10 Å². The van der Waals surface area contributed by atoms with Crippen LogP contribution in [0.5, 0.6) is 5.75 Å². The quantitative estimate of drug-likeness (QED) is 0.525. The van der Waals surface area contributed by atoms with Gasteiger partial charge in [0.25, 0.3) is 5.56 Å². The molecule has 0 N–H and O–H groups in total. The molecule has 3 aromatic rings. The molecule has 0 spiro atoms. The van der Waals surface area contributed by atoms with Gasteiger partial charge in [0.1, 0.15) is 5.75 Å². The van der Waals surface area contributed by atoms with Crippen molar-refractivity contribution in [3.63, 3.8) is 0 Å². The minimum absolute atomic E-state index is 0.0498. The van der Waals surface area contributed by atoms with Gasteiger partial charge in [0, 0.05) is 18.5 Å². The molecule has 23 heavy (non-hydrogen) atoms. The highest BCUT2D eigenvalue weighted by Gasteiger charge is 2.18. The highest BCUT2D eigenvalue weighted by molar-refractivity contribution is 6.42. The van der Waals surface area contributed by atoms with Crippen molar-refractivity contribution in [2.24, 2.45) is 7.05 Å². The second-order valence-electron chi connectivity index (χ2n) is 4.79. The van der Waals surface area contributed by atoms with E-state index in [1.165, 1.54) is 25.2 Å². The third-order valence-corrected chi connectivity index (χ3v) is 3.99. The Morgan fingerprint density at radius 1 is 1.09 bits per heavy atom. The molecule has 3 rings (SSSR count). The number of carbonyl (C=O) groups is 1. The smallest absolute Gasteiger partial charge is 0.364 e. The second kappa shape index (κ2) is 6.02. The number of benzene rings is 2. The van der Waals surface area contributed by atoms with Gasteiger partial charge >= 0.3 is 5.97 Å². The molecule has 1 heterocycles. The van der Waals surface area contributed by atoms with E-state index in [9.17, 15) is 9.59 Å². The first-order chi connectivity index (χ1) is 11.0. The number of nitrogens with zero attached hydrogens (tertiary/aromatic N) is 2. The monoisotopic (exact) mass is 348 g/mol. The van der Waals surface area contributed by atoms with Gasteiger partial charge in [-0.2, -0.15) is 5.10 Å². The van der Waals surface area contributed by atoms with Crippen LogP contribution < -0.4 is 10.3 Å². The lowest BCUT2D eigenvalue weighted by atomic mass is 10.1. The van der Waals surface area contributed by atoms with Gasteiger partial charge in [-0.05, 0) is 18.2 Å². The van der Waals surface area contributed by atoms with Gasteiger partial charge in [0.05, 0.1) is 15.4 Å². The minimum Gasteiger partial charge on any atom is -0.422 e. The van der Waals surface area contributed by atoms with E-state index < -0.39 is 5.97 Å². The fourth-order valence-corrected chi connectivity index (χ4v) is 2.43. The Morgan fingerprint density at radius 3 is 2.48 bits per heavy atom. The lowest BCUT2D eigenvalue weighted by Crippen LogP contribution is -2.24. The number of hydrogen-bond donors (Lipinski definition) is 0. The van der Waals surface area contributed by atoms with Gasteiger partial charge in [-0.25, -0.2) is 9.48 Å². The topological polar surface area (TPSA) is 61.2 Å². The zero-order chi connectivity index (χ0) is 16.6. The molecular weight excluding hydrogens is 339 g/mol. The van der Waals surface area contributed by atoms with Gasteiger partial charge in [-0.1, -0.05) is 41.4 Å². The first-order valence-corrected chi connectivity index (χ1v) is 7.36. The standard InChI is InChI=1S/C16H10Cl2N2O3/c1-20-15(21)11-5-3-2-4-10(11)14(19-20)16(22)23-9-6-7-12(17)13(18)8-9/h2-8H,1H3. The fraction of sp³-hybridized carbons (Fsp3) is 0.0625. The summed E-state index contributed by atoms with van der Waals surface area (Å²) in [5, 5.41) is 5.47. The zero-order valence-corrected chi connectivity index (χ0v) is 13.4. The molecule has 1 aromatic heterocycles. The largest absolute Gasteiger partial charge is 0.422 e. The average Bonchev–Trinajstić information content (AvgIpc) is 2.54. The molecule has 0 atom stereocenters. The molecule has 116 valence electrons. The summed E-state index contributed by atoms with van der Waals surface area (Å²) in [5.41, 5.74) is -0.236. The fourth-order valence-electron chi connectivity index (χ4n) is 2.15. The Balaban J connectivity index is 2.06. The van der Waals surface area contributed by atoms with Crippen molar-refractivity contribution in [2.45, 2.75) is 0 Å². The van der Waals surface area contributed by atoms with Gasteiger partial charge in [-0.3, -0.25) is 4.79 Å². The van der Waals surface area contributed by atoms with Crippen molar-refractivity contribution in [1.82, 2.24) is 9.78 Å². The number of aryl methyl sites for hydroxylation is 1. The van der Waals surface area contributed by atoms with Gasteiger partial charge in [-0.15, -0.1) is 0 Å². The van der Waals surface area contributed by atoms with Crippen LogP contribution in [0.3, 0.4) is 0 Å². The van der Waals surface area contributed by atoms with Crippen LogP contribution in [0, 0.1) is 0 Å². The summed E-state index contributed by atoms with van der Waals surface area (Å²) in [6.07, 6.45) is 0. The Hall–Kier alpha value is -2.37. The number of hydrogen-bond acceptors (Lipinski definition) is 4. The van der Waals surface area contributed by atoms with Gasteiger partial charge < -0.3 is 4.74 Å². The van der Waals surface area contributed by atoms with Crippen LogP contribution in [0.1, 0.15) is 10.5 Å².